The van der Waals surface area contributed by atoms with Crippen molar-refractivity contribution < 1.29 is 26.9 Å². The molecule has 8 nitrogen and oxygen atoms in total. The summed E-state index contributed by atoms with van der Waals surface area (Å²) >= 11 is 0. The Morgan fingerprint density at radius 1 is 1.19 bits per heavy atom. The number of nitrogens with two attached hydrogens (primary N) is 1. The van der Waals surface area contributed by atoms with Gasteiger partial charge in [-0.3, -0.25) is 14.9 Å². The normalized spacial score (nSPS) is 16.6. The lowest BCUT2D eigenvalue weighted by Gasteiger charge is -2.28. The number of hydrogen-bond acceptors (Lipinski definition) is 6. The zero-order valence-corrected chi connectivity index (χ0v) is 17.2. The van der Waals surface area contributed by atoms with Gasteiger partial charge in [-0.1, -0.05) is 12.1 Å². The van der Waals surface area contributed by atoms with E-state index in [1.165, 1.54) is 36.4 Å². The van der Waals surface area contributed by atoms with Crippen LogP contribution in [0.25, 0.3) is 0 Å². The number of halogens is 2. The van der Waals surface area contributed by atoms with E-state index in [9.17, 15) is 32.1 Å². The lowest BCUT2D eigenvalue weighted by Crippen LogP contribution is -2.28. The van der Waals surface area contributed by atoms with Gasteiger partial charge in [-0.25, -0.2) is 17.2 Å². The molecule has 1 fully saturated rings. The second-order valence-electron chi connectivity index (χ2n) is 7.48. The Labute approximate surface area is 177 Å². The number of carbonyl (C=O) groups excluding carboxylic acids is 1. The van der Waals surface area contributed by atoms with Gasteiger partial charge in [-0.2, -0.15) is 0 Å². The lowest BCUT2D eigenvalue weighted by molar-refractivity contribution is -0.384. The van der Waals surface area contributed by atoms with Crippen LogP contribution in [0.2, 0.25) is 0 Å². The monoisotopic (exact) mass is 453 g/mol. The summed E-state index contributed by atoms with van der Waals surface area (Å²) < 4.78 is 52.6. The first-order valence-corrected chi connectivity index (χ1v) is 11.0. The molecule has 0 bridgehead atoms. The molecule has 31 heavy (non-hydrogen) atoms. The smallest absolute Gasteiger partial charge is 0.293 e. The van der Waals surface area contributed by atoms with Crippen LogP contribution >= 0.6 is 0 Å². The Hall–Kier alpha value is -3.08. The van der Waals surface area contributed by atoms with Gasteiger partial charge in [0, 0.05) is 25.5 Å². The van der Waals surface area contributed by atoms with E-state index in [4.69, 9.17) is 5.73 Å². The fourth-order valence-corrected chi connectivity index (χ4v) is 5.05. The molecule has 0 unspecified atom stereocenters. The third-order valence-corrected chi connectivity index (χ3v) is 7.15. The molecular weight excluding hydrogens is 432 g/mol. The lowest BCUT2D eigenvalue weighted by atomic mass is 9.87. The quantitative estimate of drug-likeness (QED) is 0.484. The first kappa shape index (κ1) is 22.6. The summed E-state index contributed by atoms with van der Waals surface area (Å²) in [5.74, 6) is -3.67. The number of nitro groups is 1. The fraction of sp³-hybridized carbons (Fsp3) is 0.350. The SMILES string of the molecule is NC(=O)c1ccccc1S(=O)(=O)c1ccc(NCC2CCC(F)(F)CC2)c([N+](=O)[O-])c1. The molecule has 1 aliphatic rings. The first-order valence-electron chi connectivity index (χ1n) is 9.55. The van der Waals surface area contributed by atoms with Crippen molar-refractivity contribution in [2.45, 2.75) is 41.4 Å². The number of nitrogens with zero attached hydrogens (tertiary/aromatic N) is 1. The van der Waals surface area contributed by atoms with Crippen molar-refractivity contribution in [3.8, 4) is 0 Å². The molecule has 166 valence electrons. The van der Waals surface area contributed by atoms with E-state index >= 15 is 0 Å². The summed E-state index contributed by atoms with van der Waals surface area (Å²) in [6, 6.07) is 8.68. The van der Waals surface area contributed by atoms with Gasteiger partial charge in [-0.15, -0.1) is 0 Å². The van der Waals surface area contributed by atoms with E-state index in [1.807, 2.05) is 0 Å². The van der Waals surface area contributed by atoms with Crippen LogP contribution < -0.4 is 11.1 Å². The third kappa shape index (κ3) is 4.98. The highest BCUT2D eigenvalue weighted by Crippen LogP contribution is 2.37. The Balaban J connectivity index is 1.87. The molecule has 0 radical (unpaired) electrons. The molecule has 3 N–H and O–H groups in total. The summed E-state index contributed by atoms with van der Waals surface area (Å²) in [6.45, 7) is 0.257. The molecule has 0 aliphatic heterocycles. The van der Waals surface area contributed by atoms with E-state index in [0.29, 0.717) is 12.8 Å². The number of anilines is 1. The fourth-order valence-electron chi connectivity index (χ4n) is 3.57. The summed E-state index contributed by atoms with van der Waals surface area (Å²) in [7, 11) is -4.25. The average Bonchev–Trinajstić information content (AvgIpc) is 2.72. The zero-order chi connectivity index (χ0) is 22.8. The highest BCUT2D eigenvalue weighted by Gasteiger charge is 2.35. The van der Waals surface area contributed by atoms with E-state index in [2.05, 4.69) is 5.32 Å². The highest BCUT2D eigenvalue weighted by molar-refractivity contribution is 7.91. The number of primary amides is 1. The van der Waals surface area contributed by atoms with Gasteiger partial charge < -0.3 is 11.1 Å². The van der Waals surface area contributed by atoms with Crippen molar-refractivity contribution in [2.24, 2.45) is 11.7 Å². The molecular formula is C20H21F2N3O5S. The summed E-state index contributed by atoms with van der Waals surface area (Å²) in [6.07, 6.45) is 0.143. The molecule has 11 heteroatoms. The van der Waals surface area contributed by atoms with Crippen molar-refractivity contribution in [2.75, 3.05) is 11.9 Å². The van der Waals surface area contributed by atoms with Gasteiger partial charge in [0.15, 0.2) is 0 Å². The minimum Gasteiger partial charge on any atom is -0.379 e. The van der Waals surface area contributed by atoms with Crippen LogP contribution in [0.4, 0.5) is 20.2 Å². The largest absolute Gasteiger partial charge is 0.379 e. The number of alkyl halides is 2. The Morgan fingerprint density at radius 2 is 1.84 bits per heavy atom. The topological polar surface area (TPSA) is 132 Å². The van der Waals surface area contributed by atoms with E-state index < -0.39 is 32.3 Å². The summed E-state index contributed by atoms with van der Waals surface area (Å²) in [5, 5.41) is 14.4. The molecule has 0 heterocycles. The van der Waals surface area contributed by atoms with Crippen LogP contribution in [0.5, 0.6) is 0 Å². The number of nitro benzene ring substituents is 1. The maximum Gasteiger partial charge on any atom is 0.293 e. The van der Waals surface area contributed by atoms with E-state index in [0.717, 1.165) is 6.07 Å². The second-order valence-corrected chi connectivity index (χ2v) is 9.40. The Morgan fingerprint density at radius 3 is 2.45 bits per heavy atom. The van der Waals surface area contributed by atoms with Crippen LogP contribution in [-0.2, 0) is 9.84 Å². The van der Waals surface area contributed by atoms with Gasteiger partial charge in [0.1, 0.15) is 5.69 Å². The highest BCUT2D eigenvalue weighted by atomic mass is 32.2. The number of rotatable bonds is 7. The third-order valence-electron chi connectivity index (χ3n) is 5.34. The van der Waals surface area contributed by atoms with E-state index in [-0.39, 0.29) is 46.3 Å². The summed E-state index contributed by atoms with van der Waals surface area (Å²) in [4.78, 5) is 21.7. The predicted octanol–water partition coefficient (Wildman–Crippen LogP) is 3.76. The second kappa shape index (κ2) is 8.58. The molecule has 2 aromatic rings. The molecule has 1 aliphatic carbocycles. The maximum atomic E-state index is 13.3. The van der Waals surface area contributed by atoms with Gasteiger partial charge in [0.2, 0.25) is 21.7 Å². The number of benzene rings is 2. The molecule has 3 rings (SSSR count). The Bertz CT molecular complexity index is 1110. The number of carbonyl (C=O) groups is 1. The average molecular weight is 453 g/mol. The van der Waals surface area contributed by atoms with Crippen molar-refractivity contribution >= 4 is 27.1 Å². The number of nitrogens with one attached hydrogen (secondary N) is 1. The van der Waals surface area contributed by atoms with E-state index in [1.54, 1.807) is 0 Å². The molecule has 0 aromatic heterocycles. The van der Waals surface area contributed by atoms with Crippen LogP contribution in [0, 0.1) is 16.0 Å². The molecule has 2 aromatic carbocycles. The maximum absolute atomic E-state index is 13.3. The van der Waals surface area contributed by atoms with Crippen LogP contribution in [0.1, 0.15) is 36.0 Å². The van der Waals surface area contributed by atoms with Crippen molar-refractivity contribution in [3.05, 3.63) is 58.1 Å². The molecule has 1 saturated carbocycles. The Kier molecular flexibility index (Phi) is 6.25. The molecule has 1 amide bonds. The number of sulfone groups is 1. The van der Waals surface area contributed by atoms with Crippen molar-refractivity contribution in [3.63, 3.8) is 0 Å². The number of hydrogen-bond donors (Lipinski definition) is 2. The first-order chi connectivity index (χ1) is 14.5. The van der Waals surface area contributed by atoms with Crippen LogP contribution in [0.3, 0.4) is 0 Å². The predicted molar refractivity (Wildman–Crippen MR) is 109 cm³/mol. The van der Waals surface area contributed by atoms with Gasteiger partial charge in [-0.05, 0) is 43.0 Å². The van der Waals surface area contributed by atoms with Gasteiger partial charge >= 0.3 is 0 Å². The summed E-state index contributed by atoms with van der Waals surface area (Å²) in [5.41, 5.74) is 4.64. The van der Waals surface area contributed by atoms with Gasteiger partial charge in [0.25, 0.3) is 5.69 Å². The molecule has 0 atom stereocenters. The van der Waals surface area contributed by atoms with Crippen LogP contribution in [0.15, 0.2) is 52.3 Å². The molecule has 0 spiro atoms. The zero-order valence-electron chi connectivity index (χ0n) is 16.4. The van der Waals surface area contributed by atoms with Gasteiger partial charge in [0.05, 0.1) is 20.3 Å². The minimum atomic E-state index is -4.25. The van der Waals surface area contributed by atoms with Crippen LogP contribution in [-0.4, -0.2) is 31.7 Å². The van der Waals surface area contributed by atoms with Crippen molar-refractivity contribution in [1.29, 1.82) is 0 Å². The molecule has 0 saturated heterocycles. The number of amides is 1. The minimum absolute atomic E-state index is 0.0647. The van der Waals surface area contributed by atoms with Crippen molar-refractivity contribution in [1.82, 2.24) is 0 Å². The standard InChI is InChI=1S/C20H21F2N3O5S/c21-20(22)9-7-13(8-10-20)12-24-16-6-5-14(11-17(16)25(27)28)31(29,30)18-4-2-1-3-15(18)19(23)26/h1-6,11,13,24H,7-10,12H2,(H2,23,26).